The first-order valence-electron chi connectivity index (χ1n) is 7.71. The van der Waals surface area contributed by atoms with Crippen LogP contribution in [0.1, 0.15) is 21.5 Å². The van der Waals surface area contributed by atoms with Crippen molar-refractivity contribution in [3.8, 4) is 0 Å². The number of carbonyl (C=O) groups excluding carboxylic acids is 1. The summed E-state index contributed by atoms with van der Waals surface area (Å²) in [6.45, 7) is 2.25. The second-order valence-electron chi connectivity index (χ2n) is 5.69. The molecule has 1 amide bonds. The molecule has 0 aromatic heterocycles. The fourth-order valence-electron chi connectivity index (χ4n) is 2.40. The van der Waals surface area contributed by atoms with Crippen molar-refractivity contribution in [3.63, 3.8) is 0 Å². The van der Waals surface area contributed by atoms with E-state index in [1.807, 2.05) is 30.5 Å². The summed E-state index contributed by atoms with van der Waals surface area (Å²) in [4.78, 5) is 15.6. The molecule has 0 heterocycles. The molecule has 2 rings (SSSR count). The molecule has 0 saturated heterocycles. The van der Waals surface area contributed by atoms with Crippen LogP contribution in [0.5, 0.6) is 0 Å². The zero-order chi connectivity index (χ0) is 18.6. The largest absolute Gasteiger partial charge is 0.337 e. The lowest BCUT2D eigenvalue weighted by molar-refractivity contribution is 0.0784. The van der Waals surface area contributed by atoms with Gasteiger partial charge >= 0.3 is 0 Å². The van der Waals surface area contributed by atoms with Crippen LogP contribution in [0, 0.1) is 6.92 Å². The normalized spacial score (nSPS) is 11.4. The zero-order valence-corrected chi connectivity index (χ0v) is 16.4. The van der Waals surface area contributed by atoms with Crippen LogP contribution >= 0.6 is 11.8 Å². The number of nitrogens with zero attached hydrogens (tertiary/aromatic N) is 1. The predicted octanol–water partition coefficient (Wildman–Crippen LogP) is 2.90. The van der Waals surface area contributed by atoms with Gasteiger partial charge in [0.2, 0.25) is 10.0 Å². The number of nitrogens with one attached hydrogen (secondary N) is 1. The van der Waals surface area contributed by atoms with Gasteiger partial charge in [0.15, 0.2) is 0 Å². The van der Waals surface area contributed by atoms with Crippen LogP contribution in [0.2, 0.25) is 0 Å². The summed E-state index contributed by atoms with van der Waals surface area (Å²) in [6, 6.07) is 12.6. The Morgan fingerprint density at radius 3 is 2.36 bits per heavy atom. The monoisotopic (exact) mass is 378 g/mol. The molecule has 0 saturated carbocycles. The van der Waals surface area contributed by atoms with Gasteiger partial charge in [-0.25, -0.2) is 13.1 Å². The van der Waals surface area contributed by atoms with Crippen LogP contribution in [0.4, 0.5) is 0 Å². The van der Waals surface area contributed by atoms with Crippen LogP contribution in [0.25, 0.3) is 0 Å². The quantitative estimate of drug-likeness (QED) is 0.785. The summed E-state index contributed by atoms with van der Waals surface area (Å²) >= 11 is 1.66. The lowest BCUT2D eigenvalue weighted by Crippen LogP contribution is -2.27. The second kappa shape index (κ2) is 8.03. The molecule has 0 unspecified atom stereocenters. The maximum Gasteiger partial charge on any atom is 0.254 e. The first-order chi connectivity index (χ1) is 11.8. The van der Waals surface area contributed by atoms with Gasteiger partial charge in [0.25, 0.3) is 5.91 Å². The van der Waals surface area contributed by atoms with E-state index in [0.29, 0.717) is 12.1 Å². The molecule has 25 heavy (non-hydrogen) atoms. The maximum atomic E-state index is 12.8. The number of rotatable bonds is 6. The lowest BCUT2D eigenvalue weighted by atomic mass is 10.1. The van der Waals surface area contributed by atoms with Crippen LogP contribution in [-0.2, 0) is 16.6 Å². The van der Waals surface area contributed by atoms with E-state index in [1.165, 1.54) is 24.1 Å². The average Bonchev–Trinajstić information content (AvgIpc) is 2.62. The minimum atomic E-state index is -3.59. The van der Waals surface area contributed by atoms with Crippen molar-refractivity contribution in [1.29, 1.82) is 0 Å². The van der Waals surface area contributed by atoms with Crippen molar-refractivity contribution >= 4 is 27.7 Å². The Bertz CT molecular complexity index is 862. The van der Waals surface area contributed by atoms with Gasteiger partial charge in [0.1, 0.15) is 0 Å². The number of sulfonamides is 1. The van der Waals surface area contributed by atoms with Gasteiger partial charge in [0, 0.05) is 24.1 Å². The molecule has 0 aliphatic rings. The standard InChI is InChI=1S/C18H22N2O3S2/c1-13-5-10-16(25(22,23)19-2)11-17(13)18(21)20(3)12-14-6-8-15(24-4)9-7-14/h5-11,19H,12H2,1-4H3. The van der Waals surface area contributed by atoms with Crippen molar-refractivity contribution in [2.45, 2.75) is 23.3 Å². The molecule has 0 fully saturated rings. The number of hydrogen-bond donors (Lipinski definition) is 1. The molecule has 0 spiro atoms. The number of aryl methyl sites for hydroxylation is 1. The topological polar surface area (TPSA) is 66.5 Å². The summed E-state index contributed by atoms with van der Waals surface area (Å²) in [7, 11) is -0.526. The van der Waals surface area contributed by atoms with E-state index in [9.17, 15) is 13.2 Å². The van der Waals surface area contributed by atoms with Crippen molar-refractivity contribution in [2.24, 2.45) is 0 Å². The van der Waals surface area contributed by atoms with Crippen LogP contribution in [0.15, 0.2) is 52.3 Å². The van der Waals surface area contributed by atoms with E-state index in [4.69, 9.17) is 0 Å². The predicted molar refractivity (Wildman–Crippen MR) is 101 cm³/mol. The van der Waals surface area contributed by atoms with E-state index < -0.39 is 10.0 Å². The van der Waals surface area contributed by atoms with Gasteiger partial charge in [-0.2, -0.15) is 0 Å². The number of thioether (sulfide) groups is 1. The third-order valence-corrected chi connectivity index (χ3v) is 6.10. The average molecular weight is 379 g/mol. The van der Waals surface area contributed by atoms with E-state index in [2.05, 4.69) is 4.72 Å². The number of amides is 1. The molecular formula is C18H22N2O3S2. The maximum absolute atomic E-state index is 12.8. The molecule has 134 valence electrons. The first kappa shape index (κ1) is 19.5. The molecule has 5 nitrogen and oxygen atoms in total. The highest BCUT2D eigenvalue weighted by Crippen LogP contribution is 2.19. The van der Waals surface area contributed by atoms with Gasteiger partial charge in [-0.15, -0.1) is 11.8 Å². The Hall–Kier alpha value is -1.83. The van der Waals surface area contributed by atoms with Crippen LogP contribution in [-0.4, -0.2) is 39.6 Å². The lowest BCUT2D eigenvalue weighted by Gasteiger charge is -2.19. The smallest absolute Gasteiger partial charge is 0.254 e. The van der Waals surface area contributed by atoms with E-state index >= 15 is 0 Å². The van der Waals surface area contributed by atoms with E-state index in [0.717, 1.165) is 11.1 Å². The van der Waals surface area contributed by atoms with E-state index in [-0.39, 0.29) is 10.8 Å². The third-order valence-electron chi connectivity index (χ3n) is 3.94. The van der Waals surface area contributed by atoms with E-state index in [1.54, 1.807) is 36.7 Å². The second-order valence-corrected chi connectivity index (χ2v) is 8.46. The molecule has 1 N–H and O–H groups in total. The summed E-state index contributed by atoms with van der Waals surface area (Å²) in [6.07, 6.45) is 2.01. The third kappa shape index (κ3) is 4.62. The van der Waals surface area contributed by atoms with Crippen LogP contribution in [0.3, 0.4) is 0 Å². The molecule has 0 atom stereocenters. The molecule has 0 aliphatic heterocycles. The Morgan fingerprint density at radius 1 is 1.16 bits per heavy atom. The number of benzene rings is 2. The number of carbonyl (C=O) groups is 1. The summed E-state index contributed by atoms with van der Waals surface area (Å²) in [5.74, 6) is -0.209. The Morgan fingerprint density at radius 2 is 1.80 bits per heavy atom. The fraction of sp³-hybridized carbons (Fsp3) is 0.278. The van der Waals surface area contributed by atoms with Crippen molar-refractivity contribution in [2.75, 3.05) is 20.4 Å². The highest BCUT2D eigenvalue weighted by Gasteiger charge is 2.19. The van der Waals surface area contributed by atoms with Gasteiger partial charge in [-0.3, -0.25) is 4.79 Å². The Kier molecular flexibility index (Phi) is 6.26. The summed E-state index contributed by atoms with van der Waals surface area (Å²) in [5.41, 5.74) is 2.15. The SMILES string of the molecule is CNS(=O)(=O)c1ccc(C)c(C(=O)N(C)Cc2ccc(SC)cc2)c1. The van der Waals surface area contributed by atoms with Gasteiger partial charge < -0.3 is 4.90 Å². The molecule has 2 aromatic rings. The Balaban J connectivity index is 2.25. The van der Waals surface area contributed by atoms with Crippen molar-refractivity contribution in [3.05, 3.63) is 59.2 Å². The highest BCUT2D eigenvalue weighted by atomic mass is 32.2. The van der Waals surface area contributed by atoms with Crippen LogP contribution < -0.4 is 4.72 Å². The van der Waals surface area contributed by atoms with Gasteiger partial charge in [-0.05, 0) is 55.6 Å². The first-order valence-corrected chi connectivity index (χ1v) is 10.4. The molecular weight excluding hydrogens is 356 g/mol. The number of hydrogen-bond acceptors (Lipinski definition) is 4. The fourth-order valence-corrected chi connectivity index (χ4v) is 3.56. The van der Waals surface area contributed by atoms with Gasteiger partial charge in [0.05, 0.1) is 4.90 Å². The minimum absolute atomic E-state index is 0.0849. The van der Waals surface area contributed by atoms with Crippen molar-refractivity contribution < 1.29 is 13.2 Å². The Labute approximate surface area is 153 Å². The molecule has 7 heteroatoms. The minimum Gasteiger partial charge on any atom is -0.337 e. The molecule has 0 bridgehead atoms. The molecule has 0 radical (unpaired) electrons. The summed E-state index contributed by atoms with van der Waals surface area (Å²) < 4.78 is 26.2. The highest BCUT2D eigenvalue weighted by molar-refractivity contribution is 7.98. The van der Waals surface area contributed by atoms with Crippen molar-refractivity contribution in [1.82, 2.24) is 9.62 Å². The zero-order valence-electron chi connectivity index (χ0n) is 14.7. The van der Waals surface area contributed by atoms with Gasteiger partial charge in [-0.1, -0.05) is 18.2 Å². The summed E-state index contributed by atoms with van der Waals surface area (Å²) in [5, 5.41) is 0. The molecule has 0 aliphatic carbocycles. The molecule has 2 aromatic carbocycles.